The van der Waals surface area contributed by atoms with Crippen LogP contribution in [0.25, 0.3) is 0 Å². The maximum absolute atomic E-state index is 5.52. The van der Waals surface area contributed by atoms with Crippen molar-refractivity contribution in [3.05, 3.63) is 0 Å². The number of ether oxygens (including phenoxy) is 3. The molecule has 0 unspecified atom stereocenters. The molecule has 3 nitrogen and oxygen atoms in total. The second kappa shape index (κ2) is 4.86. The van der Waals surface area contributed by atoms with Crippen LogP contribution in [0.15, 0.2) is 0 Å². The Bertz CT molecular complexity index is 179. The van der Waals surface area contributed by atoms with E-state index in [2.05, 4.69) is 0 Å². The Morgan fingerprint density at radius 3 is 1.43 bits per heavy atom. The molecular formula is C5H4Cl6O3. The molecule has 0 aliphatic carbocycles. The molecule has 14 heavy (non-hydrogen) atoms. The van der Waals surface area contributed by atoms with Gasteiger partial charge in [-0.25, -0.2) is 0 Å². The highest BCUT2D eigenvalue weighted by molar-refractivity contribution is 6.68. The normalized spacial score (nSPS) is 30.4. The van der Waals surface area contributed by atoms with E-state index in [1.54, 1.807) is 0 Å². The maximum atomic E-state index is 5.52. The molecule has 9 heteroatoms. The van der Waals surface area contributed by atoms with Crippen molar-refractivity contribution in [2.24, 2.45) is 0 Å². The van der Waals surface area contributed by atoms with Gasteiger partial charge in [0.15, 0.2) is 6.79 Å². The van der Waals surface area contributed by atoms with Crippen LogP contribution in [0.5, 0.6) is 0 Å². The molecular weight excluding hydrogens is 321 g/mol. The zero-order valence-corrected chi connectivity index (χ0v) is 10.9. The van der Waals surface area contributed by atoms with Gasteiger partial charge in [-0.3, -0.25) is 0 Å². The van der Waals surface area contributed by atoms with Crippen LogP contribution >= 0.6 is 69.6 Å². The van der Waals surface area contributed by atoms with Crippen molar-refractivity contribution >= 4 is 69.6 Å². The number of halogens is 6. The van der Waals surface area contributed by atoms with Crippen LogP contribution in [0.2, 0.25) is 0 Å². The van der Waals surface area contributed by atoms with Gasteiger partial charge >= 0.3 is 0 Å². The number of alkyl halides is 6. The molecule has 1 aliphatic rings. The van der Waals surface area contributed by atoms with Gasteiger partial charge in [0, 0.05) is 0 Å². The van der Waals surface area contributed by atoms with E-state index in [0.717, 1.165) is 0 Å². The van der Waals surface area contributed by atoms with E-state index in [9.17, 15) is 0 Å². The third-order valence-corrected chi connectivity index (χ3v) is 2.29. The lowest BCUT2D eigenvalue weighted by atomic mass is 10.6. The van der Waals surface area contributed by atoms with Gasteiger partial charge in [0.25, 0.3) is 0 Å². The van der Waals surface area contributed by atoms with E-state index in [1.165, 1.54) is 0 Å². The fourth-order valence-electron chi connectivity index (χ4n) is 0.697. The SMILES string of the molecule is ClC(Cl)(Cl)[C@H]1OCO[C@H](C(Cl)(Cl)Cl)O1. The zero-order chi connectivity index (χ0) is 11.0. The summed E-state index contributed by atoms with van der Waals surface area (Å²) >= 11 is 33.1. The van der Waals surface area contributed by atoms with Gasteiger partial charge in [-0.2, -0.15) is 0 Å². The average Bonchev–Trinajstić information content (AvgIpc) is 2.01. The average molecular weight is 325 g/mol. The minimum absolute atomic E-state index is 0.183. The first-order valence-corrected chi connectivity index (χ1v) is 5.50. The lowest BCUT2D eigenvalue weighted by Gasteiger charge is -2.36. The highest BCUT2D eigenvalue weighted by Crippen LogP contribution is 2.40. The summed E-state index contributed by atoms with van der Waals surface area (Å²) < 4.78 is 11.2. The third-order valence-electron chi connectivity index (χ3n) is 1.22. The van der Waals surface area contributed by atoms with Crippen molar-refractivity contribution in [1.82, 2.24) is 0 Å². The second-order valence-electron chi connectivity index (χ2n) is 2.33. The van der Waals surface area contributed by atoms with E-state index >= 15 is 0 Å². The summed E-state index contributed by atoms with van der Waals surface area (Å²) in [6, 6.07) is 0. The standard InChI is InChI=1S/C5H4Cl6O3/c6-4(7,8)2-12-1-13-3(14-2)5(9,10)11/h2-3H,1H2/t2-,3-/m0/s1. The van der Waals surface area contributed by atoms with Crippen molar-refractivity contribution in [1.29, 1.82) is 0 Å². The highest BCUT2D eigenvalue weighted by Gasteiger charge is 2.45. The molecule has 1 heterocycles. The monoisotopic (exact) mass is 322 g/mol. The molecule has 0 bridgehead atoms. The molecule has 0 spiro atoms. The molecule has 0 saturated carbocycles. The lowest BCUT2D eigenvalue weighted by molar-refractivity contribution is -0.340. The van der Waals surface area contributed by atoms with Crippen LogP contribution in [0.4, 0.5) is 0 Å². The van der Waals surface area contributed by atoms with Gasteiger partial charge in [-0.15, -0.1) is 0 Å². The van der Waals surface area contributed by atoms with E-state index in [-0.39, 0.29) is 6.79 Å². The molecule has 2 atom stereocenters. The Kier molecular flexibility index (Phi) is 4.75. The van der Waals surface area contributed by atoms with Crippen LogP contribution in [0, 0.1) is 0 Å². The topological polar surface area (TPSA) is 27.7 Å². The third kappa shape index (κ3) is 3.89. The molecule has 0 amide bonds. The van der Waals surface area contributed by atoms with Gasteiger partial charge in [0.05, 0.1) is 0 Å². The quantitative estimate of drug-likeness (QED) is 0.639. The van der Waals surface area contributed by atoms with Gasteiger partial charge < -0.3 is 14.2 Å². The summed E-state index contributed by atoms with van der Waals surface area (Å²) in [4.78, 5) is 0. The molecule has 0 aromatic carbocycles. The Labute approximate surface area is 110 Å². The first-order chi connectivity index (χ1) is 6.21. The molecule has 1 aliphatic heterocycles. The molecule has 1 rings (SSSR count). The maximum Gasteiger partial charge on any atom is 0.241 e. The minimum Gasteiger partial charge on any atom is -0.322 e. The van der Waals surface area contributed by atoms with Crippen molar-refractivity contribution in [3.63, 3.8) is 0 Å². The van der Waals surface area contributed by atoms with Crippen molar-refractivity contribution in [2.45, 2.75) is 20.2 Å². The minimum atomic E-state index is -1.77. The van der Waals surface area contributed by atoms with Gasteiger partial charge in [-0.1, -0.05) is 69.6 Å². The molecule has 0 N–H and O–H groups in total. The van der Waals surface area contributed by atoms with Crippen molar-refractivity contribution in [3.8, 4) is 0 Å². The van der Waals surface area contributed by atoms with Gasteiger partial charge in [-0.05, 0) is 0 Å². The van der Waals surface area contributed by atoms with Crippen molar-refractivity contribution in [2.75, 3.05) is 6.79 Å². The molecule has 1 fully saturated rings. The Morgan fingerprint density at radius 2 is 1.14 bits per heavy atom. The van der Waals surface area contributed by atoms with Crippen LogP contribution in [0.3, 0.4) is 0 Å². The van der Waals surface area contributed by atoms with Crippen molar-refractivity contribution < 1.29 is 14.2 Å². The zero-order valence-electron chi connectivity index (χ0n) is 6.35. The lowest BCUT2D eigenvalue weighted by Crippen LogP contribution is -2.46. The first-order valence-electron chi connectivity index (χ1n) is 3.23. The van der Waals surface area contributed by atoms with E-state index in [1.807, 2.05) is 0 Å². The fourth-order valence-corrected chi connectivity index (χ4v) is 1.38. The van der Waals surface area contributed by atoms with Crippen LogP contribution < -0.4 is 0 Å². The van der Waals surface area contributed by atoms with E-state index in [0.29, 0.717) is 0 Å². The van der Waals surface area contributed by atoms with Crippen LogP contribution in [0.1, 0.15) is 0 Å². The second-order valence-corrected chi connectivity index (χ2v) is 7.07. The van der Waals surface area contributed by atoms with Crippen LogP contribution in [-0.4, -0.2) is 27.0 Å². The first kappa shape index (κ1) is 13.7. The number of rotatable bonds is 0. The Morgan fingerprint density at radius 1 is 0.786 bits per heavy atom. The smallest absolute Gasteiger partial charge is 0.241 e. The predicted octanol–water partition coefficient (Wildman–Crippen LogP) is 3.40. The molecule has 1 saturated heterocycles. The summed E-state index contributed by atoms with van der Waals surface area (Å²) in [5.74, 6) is 0. The fraction of sp³-hybridized carbons (Fsp3) is 1.00. The highest BCUT2D eigenvalue weighted by atomic mass is 35.6. The Hall–Kier alpha value is 1.62. The summed E-state index contributed by atoms with van der Waals surface area (Å²) in [7, 11) is 0. The summed E-state index contributed by atoms with van der Waals surface area (Å²) in [6.45, 7) is -0.183. The molecule has 0 radical (unpaired) electrons. The van der Waals surface area contributed by atoms with E-state index in [4.69, 9.17) is 83.8 Å². The Balaban J connectivity index is 2.61. The van der Waals surface area contributed by atoms with Gasteiger partial charge in [0.1, 0.15) is 0 Å². The largest absolute Gasteiger partial charge is 0.322 e. The molecule has 84 valence electrons. The van der Waals surface area contributed by atoms with Gasteiger partial charge in [0.2, 0.25) is 20.2 Å². The summed E-state index contributed by atoms with van der Waals surface area (Å²) in [6.07, 6.45) is -2.27. The molecule has 0 aromatic heterocycles. The number of hydrogen-bond donors (Lipinski definition) is 0. The number of hydrogen-bond acceptors (Lipinski definition) is 3. The predicted molar refractivity (Wildman–Crippen MR) is 56.3 cm³/mol. The summed E-state index contributed by atoms with van der Waals surface area (Å²) in [5, 5.41) is 0. The van der Waals surface area contributed by atoms with Crippen LogP contribution in [-0.2, 0) is 14.2 Å². The molecule has 0 aromatic rings. The van der Waals surface area contributed by atoms with E-state index < -0.39 is 20.2 Å². The summed E-state index contributed by atoms with van der Waals surface area (Å²) in [5.41, 5.74) is 0.